The van der Waals surface area contributed by atoms with E-state index in [0.29, 0.717) is 36.7 Å². The molecule has 0 bridgehead atoms. The molecule has 0 spiro atoms. The number of hydrogen-bond acceptors (Lipinski definition) is 7. The maximum atomic E-state index is 15.0. The number of rotatable bonds is 4. The van der Waals surface area contributed by atoms with E-state index in [-0.39, 0.29) is 55.3 Å². The van der Waals surface area contributed by atoms with Gasteiger partial charge in [0.15, 0.2) is 11.5 Å². The first kappa shape index (κ1) is 29.5. The molecule has 5 rings (SSSR count). The van der Waals surface area contributed by atoms with Crippen molar-refractivity contribution in [1.29, 1.82) is 5.26 Å². The monoisotopic (exact) mass is 596 g/mol. The molecular formula is C30H31ClF2N6O3. The van der Waals surface area contributed by atoms with Gasteiger partial charge in [-0.3, -0.25) is 4.79 Å². The Bertz CT molecular complexity index is 1430. The van der Waals surface area contributed by atoms with Crippen molar-refractivity contribution in [3.05, 3.63) is 76.5 Å². The molecule has 2 fully saturated rings. The lowest BCUT2D eigenvalue weighted by Gasteiger charge is -2.40. The number of carbonyl (C=O) groups excluding carboxylic acids is 2. The number of methoxy groups -OCH3 is 1. The Labute approximate surface area is 248 Å². The van der Waals surface area contributed by atoms with E-state index in [0.717, 1.165) is 6.07 Å². The first-order chi connectivity index (χ1) is 20.3. The Balaban J connectivity index is 1.38. The molecule has 220 valence electrons. The summed E-state index contributed by atoms with van der Waals surface area (Å²) in [6.07, 6.45) is 7.37. The van der Waals surface area contributed by atoms with Crippen LogP contribution in [0.1, 0.15) is 36.4 Å². The smallest absolute Gasteiger partial charge is 0.409 e. The molecule has 9 nitrogen and oxygen atoms in total. The van der Waals surface area contributed by atoms with Crippen molar-refractivity contribution < 1.29 is 23.1 Å². The maximum Gasteiger partial charge on any atom is 0.409 e. The molecule has 1 aliphatic carbocycles. The van der Waals surface area contributed by atoms with Crippen molar-refractivity contribution in [2.45, 2.75) is 31.2 Å². The largest absolute Gasteiger partial charge is 0.453 e. The van der Waals surface area contributed by atoms with Crippen molar-refractivity contribution in [1.82, 2.24) is 20.0 Å². The summed E-state index contributed by atoms with van der Waals surface area (Å²) in [5, 5.41) is 17.8. The van der Waals surface area contributed by atoms with Crippen LogP contribution in [0.25, 0.3) is 0 Å². The fourth-order valence-electron chi connectivity index (χ4n) is 6.21. The number of nitrogens with zero attached hydrogens (tertiary/aromatic N) is 6. The van der Waals surface area contributed by atoms with Crippen LogP contribution in [0.2, 0.25) is 0 Å². The number of carbonyl (C=O) groups is 2. The number of hydrogen-bond donors (Lipinski definition) is 0. The second-order valence-electron chi connectivity index (χ2n) is 10.7. The number of nitriles is 1. The van der Waals surface area contributed by atoms with Gasteiger partial charge >= 0.3 is 6.09 Å². The van der Waals surface area contributed by atoms with Gasteiger partial charge < -0.3 is 19.4 Å². The number of amides is 2. The van der Waals surface area contributed by atoms with Gasteiger partial charge in [0, 0.05) is 61.7 Å². The van der Waals surface area contributed by atoms with Gasteiger partial charge in [-0.2, -0.15) is 5.26 Å². The lowest BCUT2D eigenvalue weighted by Crippen LogP contribution is -2.52. The van der Waals surface area contributed by atoms with Crippen LogP contribution in [0.4, 0.5) is 19.4 Å². The van der Waals surface area contributed by atoms with Crippen molar-refractivity contribution in [3.63, 3.8) is 0 Å². The predicted octanol–water partition coefficient (Wildman–Crippen LogP) is 4.60. The number of halogens is 3. The number of aromatic nitrogens is 2. The standard InChI is InChI=1S/C30H31ClF2N6O3/c1-42-30(41)39-14-13-37(12-2-3-27(39)19-4-6-20(31)7-5-19)29(40)25-18-38(28-11-9-22(16-34)35-36-28)17-24(25)23-10-8-21(32)15-26(23)33/h4,6-11,15,19,24-25,27H,2-3,5,12-14,17-18H2,1H3/t19?,24-,25+,27-/m0/s1. The minimum absolute atomic E-state index is 0.0802. The van der Waals surface area contributed by atoms with Gasteiger partial charge in [0.05, 0.1) is 13.0 Å². The Morgan fingerprint density at radius 3 is 2.62 bits per heavy atom. The minimum atomic E-state index is -0.715. The van der Waals surface area contributed by atoms with Crippen LogP contribution in [0.3, 0.4) is 0 Å². The zero-order valence-corrected chi connectivity index (χ0v) is 23.9. The van der Waals surface area contributed by atoms with Crippen LogP contribution >= 0.6 is 11.6 Å². The summed E-state index contributed by atoms with van der Waals surface area (Å²) in [5.41, 5.74) is 0.404. The molecule has 2 aromatic rings. The second-order valence-corrected chi connectivity index (χ2v) is 11.2. The fourth-order valence-corrected chi connectivity index (χ4v) is 6.37. The molecule has 0 radical (unpaired) electrons. The molecule has 42 heavy (non-hydrogen) atoms. The van der Waals surface area contributed by atoms with Gasteiger partial charge in [-0.05, 0) is 49.1 Å². The van der Waals surface area contributed by atoms with E-state index < -0.39 is 29.6 Å². The molecule has 0 N–H and O–H groups in total. The van der Waals surface area contributed by atoms with Gasteiger partial charge in [0.25, 0.3) is 0 Å². The van der Waals surface area contributed by atoms with E-state index in [1.165, 1.54) is 25.3 Å². The molecule has 1 unspecified atom stereocenters. The third-order valence-corrected chi connectivity index (χ3v) is 8.61. The molecule has 2 aliphatic heterocycles. The molecule has 12 heteroatoms. The Kier molecular flexibility index (Phi) is 9.02. The summed E-state index contributed by atoms with van der Waals surface area (Å²) in [6, 6.07) is 8.40. The summed E-state index contributed by atoms with van der Waals surface area (Å²) < 4.78 is 33.9. The molecule has 1 aromatic carbocycles. The summed E-state index contributed by atoms with van der Waals surface area (Å²) in [4.78, 5) is 32.2. The van der Waals surface area contributed by atoms with Gasteiger partial charge in [0.2, 0.25) is 5.91 Å². The lowest BCUT2D eigenvalue weighted by atomic mass is 9.86. The fraction of sp³-hybridized carbons (Fsp3) is 0.433. The van der Waals surface area contributed by atoms with Gasteiger partial charge in [0.1, 0.15) is 17.7 Å². The third kappa shape index (κ3) is 6.23. The molecule has 4 atom stereocenters. The van der Waals surface area contributed by atoms with E-state index in [1.807, 2.05) is 29.2 Å². The normalized spacial score (nSPS) is 24.5. The van der Waals surface area contributed by atoms with E-state index in [9.17, 15) is 14.0 Å². The first-order valence-electron chi connectivity index (χ1n) is 13.9. The molecule has 3 aliphatic rings. The predicted molar refractivity (Wildman–Crippen MR) is 151 cm³/mol. The second kappa shape index (κ2) is 12.9. The number of benzene rings is 1. The average Bonchev–Trinajstić information content (AvgIpc) is 3.42. The van der Waals surface area contributed by atoms with Crippen molar-refractivity contribution in [2.24, 2.45) is 11.8 Å². The molecular weight excluding hydrogens is 566 g/mol. The quantitative estimate of drug-likeness (QED) is 0.508. The van der Waals surface area contributed by atoms with E-state index >= 15 is 4.39 Å². The number of allylic oxidation sites excluding steroid dienone is 3. The maximum absolute atomic E-state index is 15.0. The topological polar surface area (TPSA) is 103 Å². The number of ether oxygens (including phenoxy) is 1. The highest BCUT2D eigenvalue weighted by atomic mass is 35.5. The highest BCUT2D eigenvalue weighted by Gasteiger charge is 2.43. The van der Waals surface area contributed by atoms with Crippen LogP contribution in [-0.4, -0.2) is 77.9 Å². The summed E-state index contributed by atoms with van der Waals surface area (Å²) in [7, 11) is 1.34. The first-order valence-corrected chi connectivity index (χ1v) is 14.3. The molecule has 0 saturated carbocycles. The summed E-state index contributed by atoms with van der Waals surface area (Å²) in [5.74, 6) is -2.28. The van der Waals surface area contributed by atoms with Crippen LogP contribution in [-0.2, 0) is 9.53 Å². The highest BCUT2D eigenvalue weighted by Crippen LogP contribution is 2.38. The SMILES string of the molecule is COC(=O)N1CCN(C(=O)[C@@H]2CN(c3ccc(C#N)nn3)C[C@H]2c2ccc(F)cc2F)CCC[C@H]1C1C=CC(Cl)=CC1. The van der Waals surface area contributed by atoms with Crippen molar-refractivity contribution in [2.75, 3.05) is 44.7 Å². The molecule has 3 heterocycles. The Morgan fingerprint density at radius 2 is 1.95 bits per heavy atom. The molecule has 1 aromatic heterocycles. The zero-order chi connectivity index (χ0) is 29.8. The Morgan fingerprint density at radius 1 is 1.12 bits per heavy atom. The minimum Gasteiger partial charge on any atom is -0.453 e. The van der Waals surface area contributed by atoms with Gasteiger partial charge in [-0.25, -0.2) is 13.6 Å². The van der Waals surface area contributed by atoms with Crippen LogP contribution in [0.5, 0.6) is 0 Å². The van der Waals surface area contributed by atoms with E-state index in [4.69, 9.17) is 21.6 Å². The number of anilines is 1. The summed E-state index contributed by atoms with van der Waals surface area (Å²) in [6.45, 7) is 1.53. The van der Waals surface area contributed by atoms with Crippen LogP contribution < -0.4 is 4.90 Å². The third-order valence-electron chi connectivity index (χ3n) is 8.33. The molecule has 2 saturated heterocycles. The van der Waals surface area contributed by atoms with Crippen LogP contribution in [0.15, 0.2) is 53.6 Å². The zero-order valence-electron chi connectivity index (χ0n) is 23.1. The highest BCUT2D eigenvalue weighted by molar-refractivity contribution is 6.31. The summed E-state index contributed by atoms with van der Waals surface area (Å²) >= 11 is 6.12. The molecule has 2 amide bonds. The van der Waals surface area contributed by atoms with Gasteiger partial charge in [-0.15, -0.1) is 10.2 Å². The average molecular weight is 597 g/mol. The van der Waals surface area contributed by atoms with E-state index in [2.05, 4.69) is 10.2 Å². The van der Waals surface area contributed by atoms with Crippen molar-refractivity contribution in [3.8, 4) is 6.07 Å². The van der Waals surface area contributed by atoms with Crippen LogP contribution in [0, 0.1) is 34.8 Å². The Hall–Kier alpha value is -4.04. The van der Waals surface area contributed by atoms with Crippen molar-refractivity contribution >= 4 is 29.4 Å². The van der Waals surface area contributed by atoms with Gasteiger partial charge in [-0.1, -0.05) is 29.8 Å². The lowest BCUT2D eigenvalue weighted by molar-refractivity contribution is -0.136. The van der Waals surface area contributed by atoms with E-state index in [1.54, 1.807) is 15.9 Å².